The van der Waals surface area contributed by atoms with Gasteiger partial charge in [-0.3, -0.25) is 4.98 Å². The summed E-state index contributed by atoms with van der Waals surface area (Å²) in [5, 5.41) is 3.92. The molecule has 3 rings (SSSR count). The summed E-state index contributed by atoms with van der Waals surface area (Å²) in [5.74, 6) is 0.416. The molecule has 0 saturated heterocycles. The number of aromatic nitrogens is 6. The van der Waals surface area contributed by atoms with Crippen LogP contribution in [0.25, 0.3) is 5.95 Å². The van der Waals surface area contributed by atoms with E-state index >= 15 is 0 Å². The highest BCUT2D eigenvalue weighted by atomic mass is 16.5. The highest BCUT2D eigenvalue weighted by Gasteiger charge is 2.11. The van der Waals surface area contributed by atoms with Crippen LogP contribution < -0.4 is 16.1 Å². The maximum Gasteiger partial charge on any atom is 0.355 e. The fourth-order valence-corrected chi connectivity index (χ4v) is 1.97. The lowest BCUT2D eigenvalue weighted by Gasteiger charge is -2.08. The largest absolute Gasteiger partial charge is 0.481 e. The molecule has 0 aromatic carbocycles. The van der Waals surface area contributed by atoms with Crippen molar-refractivity contribution in [2.75, 3.05) is 7.11 Å². The monoisotopic (exact) mass is 300 g/mol. The fraction of sp³-hybridized carbons (Fsp3) is 0.154. The molecule has 1 N–H and O–H groups in total. The first-order valence-corrected chi connectivity index (χ1v) is 6.38. The van der Waals surface area contributed by atoms with Crippen molar-refractivity contribution in [3.63, 3.8) is 0 Å². The van der Waals surface area contributed by atoms with Crippen molar-refractivity contribution in [2.45, 2.75) is 6.54 Å². The van der Waals surface area contributed by atoms with Gasteiger partial charge < -0.3 is 4.74 Å². The van der Waals surface area contributed by atoms with Gasteiger partial charge in [-0.05, 0) is 12.1 Å². The Morgan fingerprint density at radius 2 is 2.14 bits per heavy atom. The zero-order chi connectivity index (χ0) is 15.5. The number of H-pyrrole nitrogens is 1. The predicted molar refractivity (Wildman–Crippen MR) is 76.1 cm³/mol. The Hall–Kier alpha value is -3.23. The Morgan fingerprint density at radius 1 is 1.27 bits per heavy atom. The van der Waals surface area contributed by atoms with Crippen LogP contribution >= 0.6 is 0 Å². The average Bonchev–Trinajstić information content (AvgIpc) is 3.05. The van der Waals surface area contributed by atoms with Gasteiger partial charge >= 0.3 is 11.4 Å². The van der Waals surface area contributed by atoms with Crippen molar-refractivity contribution < 1.29 is 4.74 Å². The molecule has 0 bridgehead atoms. The molecule has 0 atom stereocenters. The summed E-state index contributed by atoms with van der Waals surface area (Å²) in [6, 6.07) is 5.08. The van der Waals surface area contributed by atoms with E-state index < -0.39 is 11.4 Å². The molecule has 0 radical (unpaired) electrons. The topological polar surface area (TPSA) is 108 Å². The van der Waals surface area contributed by atoms with E-state index in [1.54, 1.807) is 30.6 Å². The Kier molecular flexibility index (Phi) is 3.52. The molecule has 112 valence electrons. The molecular formula is C13H12N6O3. The number of rotatable bonds is 4. The molecule has 0 saturated carbocycles. The second kappa shape index (κ2) is 5.64. The lowest BCUT2D eigenvalue weighted by atomic mass is 10.2. The lowest BCUT2D eigenvalue weighted by Crippen LogP contribution is -2.38. The minimum absolute atomic E-state index is 0.0115. The van der Waals surface area contributed by atoms with E-state index in [0.717, 1.165) is 4.57 Å². The first-order chi connectivity index (χ1) is 10.7. The van der Waals surface area contributed by atoms with Crippen LogP contribution in [0.4, 0.5) is 0 Å². The molecule has 22 heavy (non-hydrogen) atoms. The Bertz CT molecular complexity index is 865. The minimum Gasteiger partial charge on any atom is -0.481 e. The summed E-state index contributed by atoms with van der Waals surface area (Å²) in [6.45, 7) is 0.0115. The van der Waals surface area contributed by atoms with Crippen molar-refractivity contribution >= 4 is 0 Å². The molecule has 3 aromatic rings. The summed E-state index contributed by atoms with van der Waals surface area (Å²) < 4.78 is 7.37. The summed E-state index contributed by atoms with van der Waals surface area (Å²) in [6.07, 6.45) is 4.66. The predicted octanol–water partition coefficient (Wildman–Crippen LogP) is -0.431. The van der Waals surface area contributed by atoms with E-state index in [4.69, 9.17) is 4.74 Å². The first-order valence-electron chi connectivity index (χ1n) is 6.38. The third kappa shape index (κ3) is 2.51. The SMILES string of the molecule is COc1ncccc1Cn1c(=O)nc(-n2cccn2)[nH]c1=O. The van der Waals surface area contributed by atoms with Gasteiger partial charge in [0, 0.05) is 24.2 Å². The van der Waals surface area contributed by atoms with Gasteiger partial charge in [-0.15, -0.1) is 0 Å². The molecule has 0 aliphatic heterocycles. The molecular weight excluding hydrogens is 288 g/mol. The van der Waals surface area contributed by atoms with Crippen LogP contribution in [0.1, 0.15) is 5.56 Å². The highest BCUT2D eigenvalue weighted by molar-refractivity contribution is 5.25. The van der Waals surface area contributed by atoms with E-state index in [1.807, 2.05) is 0 Å². The van der Waals surface area contributed by atoms with E-state index in [0.29, 0.717) is 11.4 Å². The van der Waals surface area contributed by atoms with Crippen LogP contribution in [-0.4, -0.2) is 36.4 Å². The first kappa shape index (κ1) is 13.7. The van der Waals surface area contributed by atoms with Gasteiger partial charge in [0.1, 0.15) is 0 Å². The number of hydrogen-bond donors (Lipinski definition) is 1. The Balaban J connectivity index is 2.02. The number of ether oxygens (including phenoxy) is 1. The van der Waals surface area contributed by atoms with Gasteiger partial charge in [-0.1, -0.05) is 6.07 Å². The Labute approximate surface area is 123 Å². The molecule has 3 heterocycles. The molecule has 0 spiro atoms. The molecule has 9 nitrogen and oxygen atoms in total. The molecule has 3 aromatic heterocycles. The highest BCUT2D eigenvalue weighted by Crippen LogP contribution is 2.13. The average molecular weight is 300 g/mol. The van der Waals surface area contributed by atoms with Crippen LogP contribution in [-0.2, 0) is 6.54 Å². The van der Waals surface area contributed by atoms with Crippen molar-refractivity contribution in [3.8, 4) is 11.8 Å². The van der Waals surface area contributed by atoms with Crippen LogP contribution in [0.5, 0.6) is 5.88 Å². The third-order valence-electron chi connectivity index (χ3n) is 2.99. The van der Waals surface area contributed by atoms with Gasteiger partial charge in [0.2, 0.25) is 11.8 Å². The number of methoxy groups -OCH3 is 1. The van der Waals surface area contributed by atoms with E-state index in [2.05, 4.69) is 20.1 Å². The van der Waals surface area contributed by atoms with Crippen molar-refractivity contribution in [1.29, 1.82) is 0 Å². The summed E-state index contributed by atoms with van der Waals surface area (Å²) >= 11 is 0. The molecule has 9 heteroatoms. The summed E-state index contributed by atoms with van der Waals surface area (Å²) in [5.41, 5.74) is -0.664. The number of nitrogens with zero attached hydrogens (tertiary/aromatic N) is 5. The normalized spacial score (nSPS) is 10.6. The Morgan fingerprint density at radius 3 is 2.82 bits per heavy atom. The number of pyridine rings is 1. The number of hydrogen-bond acceptors (Lipinski definition) is 6. The molecule has 0 aliphatic carbocycles. The second-order valence-electron chi connectivity index (χ2n) is 4.36. The third-order valence-corrected chi connectivity index (χ3v) is 2.99. The molecule has 0 aliphatic rings. The summed E-state index contributed by atoms with van der Waals surface area (Å²) in [7, 11) is 1.47. The van der Waals surface area contributed by atoms with Gasteiger partial charge in [0.25, 0.3) is 0 Å². The minimum atomic E-state index is -0.680. The van der Waals surface area contributed by atoms with Crippen LogP contribution in [0, 0.1) is 0 Å². The van der Waals surface area contributed by atoms with E-state index in [9.17, 15) is 9.59 Å². The number of nitrogens with one attached hydrogen (secondary N) is 1. The second-order valence-corrected chi connectivity index (χ2v) is 4.36. The van der Waals surface area contributed by atoms with E-state index in [-0.39, 0.29) is 12.5 Å². The number of aromatic amines is 1. The van der Waals surface area contributed by atoms with Crippen LogP contribution in [0.3, 0.4) is 0 Å². The molecule has 0 fully saturated rings. The molecule has 0 amide bonds. The summed E-state index contributed by atoms with van der Waals surface area (Å²) in [4.78, 5) is 34.6. The zero-order valence-electron chi connectivity index (χ0n) is 11.6. The maximum atomic E-state index is 12.1. The van der Waals surface area contributed by atoms with E-state index in [1.165, 1.54) is 18.0 Å². The van der Waals surface area contributed by atoms with Crippen molar-refractivity contribution in [2.24, 2.45) is 0 Å². The van der Waals surface area contributed by atoms with Crippen molar-refractivity contribution in [1.82, 2.24) is 29.3 Å². The zero-order valence-corrected chi connectivity index (χ0v) is 11.6. The lowest BCUT2D eigenvalue weighted by molar-refractivity contribution is 0.390. The smallest absolute Gasteiger partial charge is 0.355 e. The molecule has 0 unspecified atom stereocenters. The van der Waals surface area contributed by atoms with Crippen molar-refractivity contribution in [3.05, 3.63) is 63.3 Å². The van der Waals surface area contributed by atoms with Crippen LogP contribution in [0.2, 0.25) is 0 Å². The fourth-order valence-electron chi connectivity index (χ4n) is 1.97. The van der Waals surface area contributed by atoms with Gasteiger partial charge in [0.05, 0.1) is 13.7 Å². The standard InChI is InChI=1S/C13H12N6O3/c1-22-10-9(4-2-5-14-10)8-18-12(20)16-11(17-13(18)21)19-7-3-6-15-19/h2-7H,8H2,1H3,(H,16,17,20,21). The van der Waals surface area contributed by atoms with Gasteiger partial charge in [0.15, 0.2) is 0 Å². The van der Waals surface area contributed by atoms with Gasteiger partial charge in [-0.2, -0.15) is 10.1 Å². The van der Waals surface area contributed by atoms with Crippen LogP contribution in [0.15, 0.2) is 46.4 Å². The quantitative estimate of drug-likeness (QED) is 0.700. The van der Waals surface area contributed by atoms with Gasteiger partial charge in [-0.25, -0.2) is 23.8 Å². The maximum absolute atomic E-state index is 12.1.